The Labute approximate surface area is 215 Å². The Morgan fingerprint density at radius 1 is 0.861 bits per heavy atom. The third-order valence-electron chi connectivity index (χ3n) is 7.56. The molecule has 178 valence electrons. The number of carbonyl (C=O) groups excluding carboxylic acids is 1. The summed E-state index contributed by atoms with van der Waals surface area (Å²) in [6.45, 7) is 6.23. The van der Waals surface area contributed by atoms with Crippen molar-refractivity contribution in [3.05, 3.63) is 118 Å². The van der Waals surface area contributed by atoms with Crippen LogP contribution in [0.3, 0.4) is 0 Å². The van der Waals surface area contributed by atoms with Crippen molar-refractivity contribution in [1.29, 1.82) is 0 Å². The number of benzene rings is 4. The molecule has 1 aromatic heterocycles. The van der Waals surface area contributed by atoms with Crippen molar-refractivity contribution >= 4 is 33.1 Å². The van der Waals surface area contributed by atoms with E-state index in [1.165, 1.54) is 49.9 Å². The van der Waals surface area contributed by atoms with Gasteiger partial charge in [0.15, 0.2) is 5.13 Å². The number of hydrogen-bond donors (Lipinski definition) is 1. The van der Waals surface area contributed by atoms with Gasteiger partial charge >= 0.3 is 0 Å². The van der Waals surface area contributed by atoms with Crippen molar-refractivity contribution < 1.29 is 4.79 Å². The molecule has 6 rings (SSSR count). The first-order valence-corrected chi connectivity index (χ1v) is 13.2. The molecule has 0 bridgehead atoms. The molecule has 0 unspecified atom stereocenters. The molecule has 0 atom stereocenters. The zero-order chi connectivity index (χ0) is 24.9. The maximum atomic E-state index is 13.8. The van der Waals surface area contributed by atoms with Crippen LogP contribution in [0.25, 0.3) is 22.0 Å². The largest absolute Gasteiger partial charge is 0.301 e. The number of amides is 1. The van der Waals surface area contributed by atoms with E-state index in [0.29, 0.717) is 5.13 Å². The number of carbonyl (C=O) groups is 1. The average Bonchev–Trinajstić information content (AvgIpc) is 3.35. The van der Waals surface area contributed by atoms with Crippen LogP contribution in [-0.4, -0.2) is 10.9 Å². The Kier molecular flexibility index (Phi) is 5.50. The Morgan fingerprint density at radius 3 is 2.17 bits per heavy atom. The number of nitrogens with zero attached hydrogens (tertiary/aromatic N) is 1. The summed E-state index contributed by atoms with van der Waals surface area (Å²) in [4.78, 5) is 18.6. The molecule has 0 saturated carbocycles. The Morgan fingerprint density at radius 2 is 1.47 bits per heavy atom. The van der Waals surface area contributed by atoms with Gasteiger partial charge in [-0.25, -0.2) is 4.98 Å². The number of aromatic nitrogens is 1. The van der Waals surface area contributed by atoms with Gasteiger partial charge in [0.25, 0.3) is 0 Å². The minimum atomic E-state index is -0.672. The second-order valence-corrected chi connectivity index (χ2v) is 11.1. The first-order chi connectivity index (χ1) is 17.4. The zero-order valence-electron chi connectivity index (χ0n) is 20.7. The molecule has 36 heavy (non-hydrogen) atoms. The summed E-state index contributed by atoms with van der Waals surface area (Å²) in [6.07, 6.45) is 0.904. The van der Waals surface area contributed by atoms with Crippen LogP contribution in [0.5, 0.6) is 0 Å². The van der Waals surface area contributed by atoms with Gasteiger partial charge in [-0.1, -0.05) is 98.8 Å². The van der Waals surface area contributed by atoms with Gasteiger partial charge in [-0.3, -0.25) is 4.79 Å². The normalized spacial score (nSPS) is 13.3. The minimum Gasteiger partial charge on any atom is -0.301 e. The fraction of sp³-hybridized carbons (Fsp3) is 0.188. The van der Waals surface area contributed by atoms with E-state index < -0.39 is 5.41 Å². The van der Waals surface area contributed by atoms with Gasteiger partial charge in [0, 0.05) is 16.9 Å². The zero-order valence-corrected chi connectivity index (χ0v) is 21.5. The molecule has 1 N–H and O–H groups in total. The predicted octanol–water partition coefficient (Wildman–Crippen LogP) is 7.97. The van der Waals surface area contributed by atoms with Crippen LogP contribution in [0.15, 0.2) is 90.3 Å². The molecule has 0 spiro atoms. The predicted molar refractivity (Wildman–Crippen MR) is 150 cm³/mol. The lowest BCUT2D eigenvalue weighted by Crippen LogP contribution is -2.38. The molecule has 5 aromatic rings. The lowest BCUT2D eigenvalue weighted by atomic mass is 9.65. The molecule has 0 fully saturated rings. The molecule has 1 heterocycles. The Balaban J connectivity index is 1.33. The fourth-order valence-corrected chi connectivity index (χ4v) is 6.33. The monoisotopic (exact) mass is 488 g/mol. The first-order valence-electron chi connectivity index (χ1n) is 12.3. The van der Waals surface area contributed by atoms with Gasteiger partial charge in [0.1, 0.15) is 0 Å². The molecule has 4 heteroatoms. The van der Waals surface area contributed by atoms with E-state index in [0.717, 1.165) is 17.7 Å². The third-order valence-corrected chi connectivity index (χ3v) is 8.32. The first kappa shape index (κ1) is 22.7. The van der Waals surface area contributed by atoms with Gasteiger partial charge in [0.2, 0.25) is 5.91 Å². The van der Waals surface area contributed by atoms with Crippen LogP contribution in [-0.2, 0) is 11.2 Å². The summed E-state index contributed by atoms with van der Waals surface area (Å²) in [5.74, 6) is -0.0483. The number of hydrogen-bond acceptors (Lipinski definition) is 3. The van der Waals surface area contributed by atoms with E-state index >= 15 is 0 Å². The van der Waals surface area contributed by atoms with Crippen molar-refractivity contribution in [3.8, 4) is 11.3 Å². The Bertz CT molecular complexity index is 1570. The van der Waals surface area contributed by atoms with Gasteiger partial charge in [-0.15, -0.1) is 11.3 Å². The van der Waals surface area contributed by atoms with Crippen molar-refractivity contribution in [2.75, 3.05) is 5.32 Å². The smallest absolute Gasteiger partial charge is 0.232 e. The fourth-order valence-electron chi connectivity index (χ4n) is 5.62. The highest BCUT2D eigenvalue weighted by molar-refractivity contribution is 7.14. The summed E-state index contributed by atoms with van der Waals surface area (Å²) in [5.41, 5.74) is 7.61. The number of thiazole rings is 1. The minimum absolute atomic E-state index is 0.0197. The van der Waals surface area contributed by atoms with E-state index in [4.69, 9.17) is 4.98 Å². The van der Waals surface area contributed by atoms with E-state index in [2.05, 4.69) is 97.2 Å². The molecule has 0 radical (unpaired) electrons. The number of fused-ring (bicyclic) bond motifs is 3. The SMILES string of the molecule is Cc1ccc(-c2csc(NC(=O)C(C)(C)C3c4ccccc4Cc4ccccc43)n2)c2ccccc12. The number of aryl methyl sites for hydroxylation is 1. The average molecular weight is 489 g/mol. The summed E-state index contributed by atoms with van der Waals surface area (Å²) in [7, 11) is 0. The van der Waals surface area contributed by atoms with Crippen molar-refractivity contribution in [2.45, 2.75) is 33.1 Å². The van der Waals surface area contributed by atoms with Crippen LogP contribution in [0.4, 0.5) is 5.13 Å². The second-order valence-electron chi connectivity index (χ2n) is 10.2. The topological polar surface area (TPSA) is 42.0 Å². The second kappa shape index (κ2) is 8.72. The van der Waals surface area contributed by atoms with E-state index in [1.54, 1.807) is 0 Å². The van der Waals surface area contributed by atoms with Crippen LogP contribution >= 0.6 is 11.3 Å². The lowest BCUT2D eigenvalue weighted by molar-refractivity contribution is -0.124. The van der Waals surface area contributed by atoms with Crippen LogP contribution in [0, 0.1) is 12.3 Å². The standard InChI is InChI=1S/C32H28N2OS/c1-20-16-17-27(26-15-9-8-12-23(20)26)28-19-36-31(33-28)34-30(35)32(2,3)29-24-13-6-4-10-21(24)18-22-11-5-7-14-25(22)29/h4-17,19,29H,18H2,1-3H3,(H,33,34,35). The highest BCUT2D eigenvalue weighted by Gasteiger charge is 2.42. The van der Waals surface area contributed by atoms with E-state index in [-0.39, 0.29) is 11.8 Å². The number of anilines is 1. The molecule has 1 aliphatic carbocycles. The summed E-state index contributed by atoms with van der Waals surface area (Å²) in [6, 6.07) is 29.7. The van der Waals surface area contributed by atoms with Gasteiger partial charge in [-0.05, 0) is 51.9 Å². The maximum absolute atomic E-state index is 13.8. The van der Waals surface area contributed by atoms with E-state index in [9.17, 15) is 4.79 Å². The summed E-state index contributed by atoms with van der Waals surface area (Å²) in [5, 5.41) is 8.23. The molecule has 0 saturated heterocycles. The number of nitrogens with one attached hydrogen (secondary N) is 1. The summed E-state index contributed by atoms with van der Waals surface area (Å²) >= 11 is 1.48. The third kappa shape index (κ3) is 3.73. The summed E-state index contributed by atoms with van der Waals surface area (Å²) < 4.78 is 0. The molecular formula is C32H28N2OS. The molecule has 4 aromatic carbocycles. The molecular weight excluding hydrogens is 460 g/mol. The van der Waals surface area contributed by atoms with Crippen LogP contribution < -0.4 is 5.32 Å². The van der Waals surface area contributed by atoms with Gasteiger partial charge in [-0.2, -0.15) is 0 Å². The van der Waals surface area contributed by atoms with Crippen molar-refractivity contribution in [3.63, 3.8) is 0 Å². The number of rotatable bonds is 4. The molecule has 1 aliphatic rings. The Hall–Kier alpha value is -3.76. The molecule has 1 amide bonds. The molecule has 0 aliphatic heterocycles. The molecule has 3 nitrogen and oxygen atoms in total. The quantitative estimate of drug-likeness (QED) is 0.279. The van der Waals surface area contributed by atoms with Crippen LogP contribution in [0.1, 0.15) is 47.6 Å². The lowest BCUT2D eigenvalue weighted by Gasteiger charge is -2.38. The van der Waals surface area contributed by atoms with Crippen molar-refractivity contribution in [1.82, 2.24) is 4.98 Å². The van der Waals surface area contributed by atoms with Crippen molar-refractivity contribution in [2.24, 2.45) is 5.41 Å². The highest BCUT2D eigenvalue weighted by atomic mass is 32.1. The maximum Gasteiger partial charge on any atom is 0.232 e. The van der Waals surface area contributed by atoms with E-state index in [1.807, 2.05) is 19.2 Å². The van der Waals surface area contributed by atoms with Crippen LogP contribution in [0.2, 0.25) is 0 Å². The highest BCUT2D eigenvalue weighted by Crippen LogP contribution is 2.47. The van der Waals surface area contributed by atoms with Gasteiger partial charge in [0.05, 0.1) is 11.1 Å². The van der Waals surface area contributed by atoms with Gasteiger partial charge < -0.3 is 5.32 Å².